The molecular weight excluding hydrogens is 252 g/mol. The molecule has 0 aromatic heterocycles. The summed E-state index contributed by atoms with van der Waals surface area (Å²) in [6, 6.07) is 8.18. The van der Waals surface area contributed by atoms with Gasteiger partial charge in [-0.15, -0.1) is 0 Å². The third-order valence-electron chi connectivity index (χ3n) is 2.25. The molecule has 18 heavy (non-hydrogen) atoms. The van der Waals surface area contributed by atoms with Gasteiger partial charge in [0, 0.05) is 12.5 Å². The number of hydrogen-bond donors (Lipinski definition) is 2. The van der Waals surface area contributed by atoms with Gasteiger partial charge >= 0.3 is 0 Å². The van der Waals surface area contributed by atoms with Crippen molar-refractivity contribution >= 4 is 15.7 Å². The molecule has 0 amide bonds. The molecule has 1 unspecified atom stereocenters. The Hall–Kier alpha value is -1.17. The van der Waals surface area contributed by atoms with Gasteiger partial charge in [-0.3, -0.25) is 4.55 Å². The lowest BCUT2D eigenvalue weighted by molar-refractivity contribution is 0.273. The van der Waals surface area contributed by atoms with E-state index in [0.717, 1.165) is 11.1 Å². The molecule has 0 heterocycles. The lowest BCUT2D eigenvalue weighted by Gasteiger charge is -2.08. The zero-order valence-electron chi connectivity index (χ0n) is 10.9. The minimum absolute atomic E-state index is 0.201. The summed E-state index contributed by atoms with van der Waals surface area (Å²) in [6.45, 7) is 8.07. The zero-order valence-corrected chi connectivity index (χ0v) is 11.7. The highest BCUT2D eigenvalue weighted by Gasteiger charge is 2.02. The average molecular weight is 272 g/mol. The topological polar surface area (TPSA) is 74.6 Å². The van der Waals surface area contributed by atoms with Gasteiger partial charge < -0.3 is 5.11 Å². The van der Waals surface area contributed by atoms with Gasteiger partial charge in [-0.05, 0) is 18.1 Å². The highest BCUT2D eigenvalue weighted by Crippen LogP contribution is 2.18. The van der Waals surface area contributed by atoms with Crippen LogP contribution in [0.4, 0.5) is 0 Å². The van der Waals surface area contributed by atoms with Gasteiger partial charge in [0.2, 0.25) is 0 Å². The highest BCUT2D eigenvalue weighted by molar-refractivity contribution is 7.85. The van der Waals surface area contributed by atoms with Crippen molar-refractivity contribution in [2.75, 3.05) is 12.9 Å². The van der Waals surface area contributed by atoms with Gasteiger partial charge in [-0.2, -0.15) is 8.42 Å². The van der Waals surface area contributed by atoms with Crippen LogP contribution in [0.2, 0.25) is 0 Å². The van der Waals surface area contributed by atoms with Crippen LogP contribution >= 0.6 is 0 Å². The monoisotopic (exact) mass is 272 g/mol. The second-order valence-electron chi connectivity index (χ2n) is 4.22. The van der Waals surface area contributed by atoms with Gasteiger partial charge in [-0.1, -0.05) is 43.3 Å². The molecule has 0 radical (unpaired) electrons. The fourth-order valence-corrected chi connectivity index (χ4v) is 1.20. The summed E-state index contributed by atoms with van der Waals surface area (Å²) in [5.41, 5.74) is 3.41. The second-order valence-corrected chi connectivity index (χ2v) is 5.69. The Balaban J connectivity index is 0.000000494. The van der Waals surface area contributed by atoms with Crippen molar-refractivity contribution < 1.29 is 18.1 Å². The van der Waals surface area contributed by atoms with Crippen molar-refractivity contribution in [1.82, 2.24) is 0 Å². The van der Waals surface area contributed by atoms with Crippen LogP contribution in [0.3, 0.4) is 0 Å². The van der Waals surface area contributed by atoms with E-state index in [1.54, 1.807) is 0 Å². The van der Waals surface area contributed by atoms with Crippen molar-refractivity contribution in [3.63, 3.8) is 0 Å². The van der Waals surface area contributed by atoms with Crippen molar-refractivity contribution in [2.45, 2.75) is 19.8 Å². The van der Waals surface area contributed by atoms with E-state index >= 15 is 0 Å². The van der Waals surface area contributed by atoms with Gasteiger partial charge in [0.25, 0.3) is 10.1 Å². The molecule has 1 rings (SSSR count). The Morgan fingerprint density at radius 1 is 1.33 bits per heavy atom. The van der Waals surface area contributed by atoms with E-state index in [9.17, 15) is 8.42 Å². The maximum atomic E-state index is 9.19. The first-order valence-corrected chi connectivity index (χ1v) is 7.29. The molecule has 1 aromatic carbocycles. The minimum Gasteiger partial charge on any atom is -0.396 e. The molecule has 0 aliphatic heterocycles. The Bertz CT molecular complexity index is 466. The predicted octanol–water partition coefficient (Wildman–Crippen LogP) is 2.32. The van der Waals surface area contributed by atoms with Crippen LogP contribution in [0.5, 0.6) is 0 Å². The Morgan fingerprint density at radius 3 is 2.00 bits per heavy atom. The molecule has 1 aromatic rings. The van der Waals surface area contributed by atoms with Crippen molar-refractivity contribution in [3.05, 3.63) is 42.0 Å². The number of aliphatic hydroxyl groups is 1. The quantitative estimate of drug-likeness (QED) is 0.828. The van der Waals surface area contributed by atoms with Crippen LogP contribution in [0, 0.1) is 0 Å². The van der Waals surface area contributed by atoms with E-state index in [4.69, 9.17) is 9.66 Å². The molecule has 0 aliphatic carbocycles. The zero-order chi connectivity index (χ0) is 14.3. The van der Waals surface area contributed by atoms with E-state index < -0.39 is 10.1 Å². The molecule has 0 fully saturated rings. The Kier molecular flexibility index (Phi) is 6.83. The molecule has 5 heteroatoms. The van der Waals surface area contributed by atoms with E-state index in [2.05, 4.69) is 6.58 Å². The first-order chi connectivity index (χ1) is 8.15. The average Bonchev–Trinajstić information content (AvgIpc) is 2.26. The SMILES string of the molecule is C=C(C)c1ccc(C(C)CO)cc1.CS(=O)(=O)O. The molecule has 1 atom stereocenters. The first-order valence-electron chi connectivity index (χ1n) is 5.44. The summed E-state index contributed by atoms with van der Waals surface area (Å²) in [5, 5.41) is 8.95. The molecule has 0 spiro atoms. The molecule has 0 aliphatic rings. The largest absolute Gasteiger partial charge is 0.396 e. The van der Waals surface area contributed by atoms with E-state index in [1.165, 1.54) is 5.56 Å². The Labute approximate surface area is 109 Å². The molecule has 0 saturated carbocycles. The normalized spacial score (nSPS) is 12.3. The van der Waals surface area contributed by atoms with Crippen LogP contribution in [0.25, 0.3) is 5.57 Å². The molecule has 4 nitrogen and oxygen atoms in total. The van der Waals surface area contributed by atoms with Crippen LogP contribution in [0.1, 0.15) is 30.9 Å². The van der Waals surface area contributed by atoms with Gasteiger partial charge in [0.1, 0.15) is 0 Å². The van der Waals surface area contributed by atoms with Crippen molar-refractivity contribution in [3.8, 4) is 0 Å². The number of rotatable bonds is 3. The summed E-state index contributed by atoms with van der Waals surface area (Å²) in [6.07, 6.45) is 0.715. The van der Waals surface area contributed by atoms with Crippen LogP contribution in [-0.4, -0.2) is 30.9 Å². The van der Waals surface area contributed by atoms with Crippen LogP contribution in [0.15, 0.2) is 30.8 Å². The van der Waals surface area contributed by atoms with Crippen molar-refractivity contribution in [2.24, 2.45) is 0 Å². The maximum Gasteiger partial charge on any atom is 0.261 e. The van der Waals surface area contributed by atoms with E-state index in [0.29, 0.717) is 6.26 Å². The molecule has 2 N–H and O–H groups in total. The van der Waals surface area contributed by atoms with Crippen LogP contribution < -0.4 is 0 Å². The number of benzene rings is 1. The molecule has 102 valence electrons. The smallest absolute Gasteiger partial charge is 0.261 e. The number of allylic oxidation sites excluding steroid dienone is 1. The van der Waals surface area contributed by atoms with E-state index in [1.807, 2.05) is 38.1 Å². The highest BCUT2D eigenvalue weighted by atomic mass is 32.2. The second kappa shape index (κ2) is 7.31. The fourth-order valence-electron chi connectivity index (χ4n) is 1.20. The lowest BCUT2D eigenvalue weighted by atomic mass is 9.99. The fraction of sp³-hybridized carbons (Fsp3) is 0.385. The minimum atomic E-state index is -3.67. The standard InChI is InChI=1S/C12H16O.CH4O3S/c1-9(2)11-4-6-12(7-5-11)10(3)8-13;1-5(2,3)4/h4-7,10,13H,1,8H2,2-3H3;1H3,(H,2,3,4). The molecule has 0 saturated heterocycles. The number of hydrogen-bond acceptors (Lipinski definition) is 3. The summed E-state index contributed by atoms with van der Waals surface area (Å²) in [7, 11) is -3.67. The Morgan fingerprint density at radius 2 is 1.72 bits per heavy atom. The summed E-state index contributed by atoms with van der Waals surface area (Å²) in [4.78, 5) is 0. The first kappa shape index (κ1) is 16.8. The summed E-state index contributed by atoms with van der Waals surface area (Å²) in [5.74, 6) is 0.221. The summed E-state index contributed by atoms with van der Waals surface area (Å²) < 4.78 is 25.9. The predicted molar refractivity (Wildman–Crippen MR) is 74.1 cm³/mol. The third kappa shape index (κ3) is 8.00. The van der Waals surface area contributed by atoms with E-state index in [-0.39, 0.29) is 12.5 Å². The third-order valence-corrected chi connectivity index (χ3v) is 2.25. The molecular formula is C13H20O4S. The summed E-state index contributed by atoms with van der Waals surface area (Å²) >= 11 is 0. The number of aliphatic hydroxyl groups excluding tert-OH is 1. The maximum absolute atomic E-state index is 9.19. The van der Waals surface area contributed by atoms with Gasteiger partial charge in [0.05, 0.1) is 6.26 Å². The van der Waals surface area contributed by atoms with Crippen molar-refractivity contribution in [1.29, 1.82) is 0 Å². The van der Waals surface area contributed by atoms with Gasteiger partial charge in [-0.25, -0.2) is 0 Å². The van der Waals surface area contributed by atoms with Crippen LogP contribution in [-0.2, 0) is 10.1 Å². The van der Waals surface area contributed by atoms with Gasteiger partial charge in [0.15, 0.2) is 0 Å². The molecule has 0 bridgehead atoms. The lowest BCUT2D eigenvalue weighted by Crippen LogP contribution is -1.98.